The van der Waals surface area contributed by atoms with Gasteiger partial charge >= 0.3 is 11.9 Å². The fraction of sp³-hybridized carbons (Fsp3) is 0.643. The van der Waals surface area contributed by atoms with Gasteiger partial charge in [-0.05, 0) is 0 Å². The lowest BCUT2D eigenvalue weighted by Crippen LogP contribution is -2.56. The molecule has 0 aromatic carbocycles. The highest BCUT2D eigenvalue weighted by Crippen LogP contribution is 2.09. The quantitative estimate of drug-likeness (QED) is 0.354. The molecule has 0 heterocycles. The van der Waals surface area contributed by atoms with Gasteiger partial charge in [-0.1, -0.05) is 0 Å². The lowest BCUT2D eigenvalue weighted by Gasteiger charge is -2.28. The predicted molar refractivity (Wildman–Crippen MR) is 86.3 cm³/mol. The Labute approximate surface area is 145 Å². The third-order valence-electron chi connectivity index (χ3n) is 2.70. The third-order valence-corrected chi connectivity index (χ3v) is 3.06. The van der Waals surface area contributed by atoms with Crippen molar-refractivity contribution in [3.05, 3.63) is 0 Å². The Morgan fingerprint density at radius 2 is 1.46 bits per heavy atom. The maximum atomic E-state index is 12.6. The minimum Gasteiger partial charge on any atom is -0.459 e. The number of hydrogen-bond acceptors (Lipinski definition) is 8. The molecular weight excluding hydrogens is 340 g/mol. The highest BCUT2D eigenvalue weighted by atomic mass is 32.1. The van der Waals surface area contributed by atoms with Gasteiger partial charge in [0.1, 0.15) is 12.1 Å². The number of Topliss-reactive ketones (excluding diaryl/α,β-unsaturated/α-hetero) is 1. The van der Waals surface area contributed by atoms with E-state index in [-0.39, 0.29) is 12.3 Å². The summed E-state index contributed by atoms with van der Waals surface area (Å²) < 4.78 is 9.89. The first-order valence-electron chi connectivity index (χ1n) is 7.09. The number of amides is 2. The smallest absolute Gasteiger partial charge is 0.303 e. The van der Waals surface area contributed by atoms with Crippen molar-refractivity contribution in [3.63, 3.8) is 0 Å². The number of ketones is 1. The molecular formula is C14H22N2O7S. The third kappa shape index (κ3) is 8.51. The van der Waals surface area contributed by atoms with Crippen LogP contribution in [0.1, 0.15) is 27.7 Å². The minimum atomic E-state index is -1.35. The predicted octanol–water partition coefficient (Wildman–Crippen LogP) is -1.01. The standard InChI is InChI=1S/C14H22N2O7S/c1-7(17)15-5-11(22-9(3)19)14(21)13(16-8(2)18)12(6-24)23-10(4)20/h11-13,24H,5-6H2,1-4H3,(H,15,17)(H,16,18). The molecule has 0 aliphatic rings. The summed E-state index contributed by atoms with van der Waals surface area (Å²) in [4.78, 5) is 57.4. The zero-order valence-corrected chi connectivity index (χ0v) is 14.8. The van der Waals surface area contributed by atoms with Crippen LogP contribution in [0.15, 0.2) is 0 Å². The van der Waals surface area contributed by atoms with Gasteiger partial charge in [0.25, 0.3) is 0 Å². The van der Waals surface area contributed by atoms with Gasteiger partial charge in [-0.25, -0.2) is 0 Å². The van der Waals surface area contributed by atoms with Crippen LogP contribution < -0.4 is 10.6 Å². The van der Waals surface area contributed by atoms with Crippen LogP contribution in [0, 0.1) is 0 Å². The molecule has 0 radical (unpaired) electrons. The molecule has 0 saturated carbocycles. The summed E-state index contributed by atoms with van der Waals surface area (Å²) in [7, 11) is 0. The van der Waals surface area contributed by atoms with Crippen molar-refractivity contribution in [3.8, 4) is 0 Å². The van der Waals surface area contributed by atoms with Gasteiger partial charge in [-0.15, -0.1) is 0 Å². The summed E-state index contributed by atoms with van der Waals surface area (Å²) in [5.74, 6) is -3.16. The molecule has 0 aromatic heterocycles. The van der Waals surface area contributed by atoms with E-state index in [1.54, 1.807) is 0 Å². The molecule has 0 aromatic rings. The molecule has 0 bridgehead atoms. The van der Waals surface area contributed by atoms with Crippen molar-refractivity contribution in [2.75, 3.05) is 12.3 Å². The van der Waals surface area contributed by atoms with Crippen LogP contribution in [0.3, 0.4) is 0 Å². The van der Waals surface area contributed by atoms with Crippen molar-refractivity contribution in [2.24, 2.45) is 0 Å². The van der Waals surface area contributed by atoms with Crippen molar-refractivity contribution in [1.29, 1.82) is 0 Å². The van der Waals surface area contributed by atoms with E-state index in [0.717, 1.165) is 13.8 Å². The van der Waals surface area contributed by atoms with Crippen molar-refractivity contribution < 1.29 is 33.4 Å². The second-order valence-corrected chi connectivity index (χ2v) is 5.31. The highest BCUT2D eigenvalue weighted by molar-refractivity contribution is 7.80. The van der Waals surface area contributed by atoms with Gasteiger partial charge in [-0.3, -0.25) is 24.0 Å². The van der Waals surface area contributed by atoms with Gasteiger partial charge < -0.3 is 20.1 Å². The fourth-order valence-electron chi connectivity index (χ4n) is 1.83. The van der Waals surface area contributed by atoms with Gasteiger partial charge in [0.05, 0.1) is 6.54 Å². The Hall–Kier alpha value is -2.10. The van der Waals surface area contributed by atoms with Crippen LogP contribution in [0.5, 0.6) is 0 Å². The highest BCUT2D eigenvalue weighted by Gasteiger charge is 2.36. The molecule has 136 valence electrons. The lowest BCUT2D eigenvalue weighted by atomic mass is 10.0. The number of hydrogen-bond donors (Lipinski definition) is 3. The zero-order chi connectivity index (χ0) is 18.9. The Balaban J connectivity index is 5.44. The van der Waals surface area contributed by atoms with E-state index >= 15 is 0 Å². The van der Waals surface area contributed by atoms with Crippen LogP contribution in [-0.2, 0) is 33.4 Å². The Morgan fingerprint density at radius 1 is 0.917 bits per heavy atom. The van der Waals surface area contributed by atoms with Crippen molar-refractivity contribution >= 4 is 42.2 Å². The normalized spacial score (nSPS) is 13.9. The van der Waals surface area contributed by atoms with Crippen LogP contribution in [-0.4, -0.2) is 60.1 Å². The van der Waals surface area contributed by atoms with Gasteiger partial charge in [-0.2, -0.15) is 12.6 Å². The van der Waals surface area contributed by atoms with Crippen LogP contribution in [0.2, 0.25) is 0 Å². The molecule has 24 heavy (non-hydrogen) atoms. The number of carbonyl (C=O) groups is 5. The topological polar surface area (TPSA) is 128 Å². The second-order valence-electron chi connectivity index (χ2n) is 4.95. The minimum absolute atomic E-state index is 0.0524. The molecule has 0 aliphatic heterocycles. The number of carbonyl (C=O) groups excluding carboxylic acids is 5. The molecule has 10 heteroatoms. The number of nitrogens with one attached hydrogen (secondary N) is 2. The molecule has 3 atom stereocenters. The summed E-state index contributed by atoms with van der Waals surface area (Å²) >= 11 is 4.01. The summed E-state index contributed by atoms with van der Waals surface area (Å²) in [6, 6.07) is -1.28. The average Bonchev–Trinajstić information content (AvgIpc) is 2.45. The SMILES string of the molecule is CC(=O)NCC(OC(C)=O)C(=O)C(NC(C)=O)C(CS)OC(C)=O. The van der Waals surface area contributed by atoms with E-state index in [9.17, 15) is 24.0 Å². The van der Waals surface area contributed by atoms with E-state index in [1.807, 2.05) is 0 Å². The molecule has 0 aliphatic carbocycles. The van der Waals surface area contributed by atoms with Crippen LogP contribution in [0.4, 0.5) is 0 Å². The summed E-state index contributed by atoms with van der Waals surface area (Å²) in [5.41, 5.74) is 0. The average molecular weight is 362 g/mol. The van der Waals surface area contributed by atoms with Crippen molar-refractivity contribution in [2.45, 2.75) is 45.9 Å². The number of rotatable bonds is 9. The van der Waals surface area contributed by atoms with E-state index in [1.165, 1.54) is 13.8 Å². The molecule has 2 N–H and O–H groups in total. The van der Waals surface area contributed by atoms with E-state index in [0.29, 0.717) is 0 Å². The molecule has 0 spiro atoms. The molecule has 0 saturated heterocycles. The Kier molecular flexibility index (Phi) is 9.70. The summed E-state index contributed by atoms with van der Waals surface area (Å²) in [6.45, 7) is 4.38. The first-order valence-corrected chi connectivity index (χ1v) is 7.72. The summed E-state index contributed by atoms with van der Waals surface area (Å²) in [6.07, 6.45) is -2.40. The van der Waals surface area contributed by atoms with Gasteiger partial charge in [0, 0.05) is 33.4 Å². The van der Waals surface area contributed by atoms with E-state index in [4.69, 9.17) is 9.47 Å². The maximum Gasteiger partial charge on any atom is 0.303 e. The molecule has 3 unspecified atom stereocenters. The monoisotopic (exact) mass is 362 g/mol. The zero-order valence-electron chi connectivity index (χ0n) is 14.0. The molecule has 2 amide bonds. The fourth-order valence-corrected chi connectivity index (χ4v) is 2.11. The number of esters is 2. The van der Waals surface area contributed by atoms with E-state index < -0.39 is 47.8 Å². The van der Waals surface area contributed by atoms with Crippen LogP contribution in [0.25, 0.3) is 0 Å². The maximum absolute atomic E-state index is 12.6. The largest absolute Gasteiger partial charge is 0.459 e. The molecule has 0 rings (SSSR count). The lowest BCUT2D eigenvalue weighted by molar-refractivity contribution is -0.158. The summed E-state index contributed by atoms with van der Waals surface area (Å²) in [5, 5.41) is 4.72. The van der Waals surface area contributed by atoms with Crippen LogP contribution >= 0.6 is 12.6 Å². The Bertz CT molecular complexity index is 509. The Morgan fingerprint density at radius 3 is 1.83 bits per heavy atom. The second kappa shape index (κ2) is 10.6. The number of ether oxygens (including phenoxy) is 2. The van der Waals surface area contributed by atoms with Gasteiger partial charge in [0.2, 0.25) is 17.6 Å². The van der Waals surface area contributed by atoms with E-state index in [2.05, 4.69) is 23.3 Å². The van der Waals surface area contributed by atoms with Crippen molar-refractivity contribution in [1.82, 2.24) is 10.6 Å². The number of thiol groups is 1. The molecule has 9 nitrogen and oxygen atoms in total. The first kappa shape index (κ1) is 21.9. The molecule has 0 fully saturated rings. The first-order chi connectivity index (χ1) is 11.1. The van der Waals surface area contributed by atoms with Gasteiger partial charge in [0.15, 0.2) is 6.10 Å².